The van der Waals surface area contributed by atoms with Crippen molar-refractivity contribution in [2.45, 2.75) is 44.8 Å². The van der Waals surface area contributed by atoms with Gasteiger partial charge in [-0.15, -0.1) is 10.2 Å². The number of rotatable bonds is 5. The Morgan fingerprint density at radius 3 is 2.66 bits per heavy atom. The zero-order valence-electron chi connectivity index (χ0n) is 17.3. The van der Waals surface area contributed by atoms with Gasteiger partial charge in [-0.2, -0.15) is 13.2 Å². The number of aromatic nitrogens is 3. The molecular formula is C21H22ClF3N6O. The summed E-state index contributed by atoms with van der Waals surface area (Å²) in [5.74, 6) is -0.442. The van der Waals surface area contributed by atoms with Crippen molar-refractivity contribution in [1.82, 2.24) is 20.1 Å². The molecule has 1 aliphatic heterocycles. The Morgan fingerprint density at radius 1 is 1.34 bits per heavy atom. The molecule has 2 aromatic rings. The zero-order valence-corrected chi connectivity index (χ0v) is 18.0. The van der Waals surface area contributed by atoms with Gasteiger partial charge < -0.3 is 5.32 Å². The minimum absolute atomic E-state index is 0.0132. The van der Waals surface area contributed by atoms with Gasteiger partial charge in [0, 0.05) is 17.2 Å². The Hall–Kier alpha value is -2.85. The van der Waals surface area contributed by atoms with Crippen LogP contribution in [0.15, 0.2) is 47.5 Å². The van der Waals surface area contributed by atoms with Crippen LogP contribution in [-0.4, -0.2) is 44.8 Å². The average Bonchev–Trinajstić information content (AvgIpc) is 3.26. The van der Waals surface area contributed by atoms with E-state index in [4.69, 9.17) is 17.0 Å². The summed E-state index contributed by atoms with van der Waals surface area (Å²) in [4.78, 5) is 17.3. The van der Waals surface area contributed by atoms with Crippen LogP contribution in [0.1, 0.15) is 48.5 Å². The second-order valence-corrected chi connectivity index (χ2v) is 7.82. The Bertz CT molecular complexity index is 1040. The van der Waals surface area contributed by atoms with Crippen LogP contribution in [0.3, 0.4) is 0 Å². The second kappa shape index (κ2) is 10.2. The minimum atomic E-state index is -4.68. The van der Waals surface area contributed by atoms with Crippen LogP contribution in [0.25, 0.3) is 0 Å². The van der Waals surface area contributed by atoms with Crippen LogP contribution in [0.5, 0.6) is 0 Å². The summed E-state index contributed by atoms with van der Waals surface area (Å²) in [6.07, 6.45) is 2.62. The topological polar surface area (TPSA) is 96.0 Å². The molecule has 1 aliphatic rings. The van der Waals surface area contributed by atoms with E-state index in [9.17, 15) is 18.0 Å². The van der Waals surface area contributed by atoms with Crippen molar-refractivity contribution in [3.05, 3.63) is 58.7 Å². The number of carbonyl (C=O) groups is 1. The van der Waals surface area contributed by atoms with E-state index >= 15 is 0 Å². The summed E-state index contributed by atoms with van der Waals surface area (Å²) in [5.41, 5.74) is -0.892. The number of nitrogens with one attached hydrogen (secondary N) is 2. The van der Waals surface area contributed by atoms with Gasteiger partial charge >= 0.3 is 6.18 Å². The maximum Gasteiger partial charge on any atom is 0.417 e. The molecule has 2 N–H and O–H groups in total. The zero-order chi connectivity index (χ0) is 23.3. The molecule has 32 heavy (non-hydrogen) atoms. The maximum atomic E-state index is 13.2. The van der Waals surface area contributed by atoms with E-state index < -0.39 is 22.5 Å². The largest absolute Gasteiger partial charge is 0.417 e. The summed E-state index contributed by atoms with van der Waals surface area (Å²) >= 11 is 5.96. The molecule has 0 spiro atoms. The number of benzene rings is 1. The van der Waals surface area contributed by atoms with Crippen LogP contribution in [0, 0.1) is 5.41 Å². The maximum absolute atomic E-state index is 13.2. The van der Waals surface area contributed by atoms with Crippen molar-refractivity contribution >= 4 is 29.1 Å². The molecule has 7 nitrogen and oxygen atoms in total. The van der Waals surface area contributed by atoms with Crippen molar-refractivity contribution < 1.29 is 18.0 Å². The highest BCUT2D eigenvalue weighted by Crippen LogP contribution is 2.36. The summed E-state index contributed by atoms with van der Waals surface area (Å²) in [5, 5.41) is 18.0. The molecule has 2 heterocycles. The molecule has 170 valence electrons. The lowest BCUT2D eigenvalue weighted by Gasteiger charge is -2.25. The number of nitrogens with zero attached hydrogens (tertiary/aromatic N) is 4. The molecule has 0 bridgehead atoms. The van der Waals surface area contributed by atoms with Gasteiger partial charge in [0.15, 0.2) is 5.78 Å². The molecule has 1 saturated heterocycles. The molecule has 0 aliphatic carbocycles. The predicted octanol–water partition coefficient (Wildman–Crippen LogP) is 4.54. The standard InChI is InChI=1S/C21H22ClF3N6O/c1-13(26)30-20(31-11-28-29-12-31)14(9-15-5-2-3-8-27-15)10-18(32)16-6-4-7-17(19(16)22)21(23,24)25/h4,6-7,10-12,15,26-27H,2-3,5,8-9H2,1H3/b14-10+,26-13?,30-20?. The fourth-order valence-electron chi connectivity index (χ4n) is 3.52. The number of hydrogen-bond acceptors (Lipinski definition) is 5. The fraction of sp³-hybridized carbons (Fsp3) is 0.381. The SMILES string of the molecule is CC(=N)N=C(/C(=C/C(=O)c1cccc(C(F)(F)F)c1Cl)CC1CCCCN1)n1cnnc1. The van der Waals surface area contributed by atoms with E-state index in [1.54, 1.807) is 0 Å². The Morgan fingerprint density at radius 2 is 2.06 bits per heavy atom. The number of allylic oxidation sites excluding steroid dienone is 1. The lowest BCUT2D eigenvalue weighted by molar-refractivity contribution is -0.137. The quantitative estimate of drug-likeness (QED) is 0.293. The van der Waals surface area contributed by atoms with Crippen molar-refractivity contribution in [3.8, 4) is 0 Å². The Labute approximate surface area is 187 Å². The molecule has 1 fully saturated rings. The highest BCUT2D eigenvalue weighted by molar-refractivity contribution is 6.35. The van der Waals surface area contributed by atoms with E-state index in [1.807, 2.05) is 0 Å². The van der Waals surface area contributed by atoms with Crippen LogP contribution >= 0.6 is 11.6 Å². The van der Waals surface area contributed by atoms with E-state index in [-0.39, 0.29) is 23.3 Å². The van der Waals surface area contributed by atoms with Gasteiger partial charge in [-0.1, -0.05) is 24.1 Å². The minimum Gasteiger partial charge on any atom is -0.314 e. The molecule has 0 amide bonds. The number of ketones is 1. The number of halogens is 4. The second-order valence-electron chi connectivity index (χ2n) is 7.44. The van der Waals surface area contributed by atoms with Gasteiger partial charge in [0.05, 0.1) is 10.6 Å². The van der Waals surface area contributed by atoms with Gasteiger partial charge in [-0.05, 0) is 50.9 Å². The smallest absolute Gasteiger partial charge is 0.314 e. The lowest BCUT2D eigenvalue weighted by atomic mass is 9.95. The summed E-state index contributed by atoms with van der Waals surface area (Å²) in [7, 11) is 0. The van der Waals surface area contributed by atoms with E-state index in [1.165, 1.54) is 36.3 Å². The van der Waals surface area contributed by atoms with E-state index in [0.29, 0.717) is 12.0 Å². The molecule has 0 saturated carbocycles. The van der Waals surface area contributed by atoms with Crippen LogP contribution < -0.4 is 5.32 Å². The van der Waals surface area contributed by atoms with Gasteiger partial charge in [-0.3, -0.25) is 14.8 Å². The summed E-state index contributed by atoms with van der Waals surface area (Å²) < 4.78 is 41.2. The number of carbonyl (C=O) groups excluding carboxylic acids is 1. The number of piperidine rings is 1. The number of alkyl halides is 3. The van der Waals surface area contributed by atoms with Crippen molar-refractivity contribution in [2.75, 3.05) is 6.54 Å². The fourth-order valence-corrected chi connectivity index (χ4v) is 3.85. The van der Waals surface area contributed by atoms with Crippen LogP contribution in [-0.2, 0) is 6.18 Å². The van der Waals surface area contributed by atoms with E-state index in [2.05, 4.69) is 20.5 Å². The first-order chi connectivity index (χ1) is 15.2. The predicted molar refractivity (Wildman–Crippen MR) is 115 cm³/mol. The molecule has 0 radical (unpaired) electrons. The van der Waals surface area contributed by atoms with Crippen LogP contribution in [0.2, 0.25) is 5.02 Å². The van der Waals surface area contributed by atoms with Gasteiger partial charge in [0.25, 0.3) is 0 Å². The van der Waals surface area contributed by atoms with Crippen LogP contribution in [0.4, 0.5) is 13.2 Å². The van der Waals surface area contributed by atoms with Gasteiger partial charge in [0.1, 0.15) is 24.3 Å². The average molecular weight is 467 g/mol. The Balaban J connectivity index is 2.06. The number of amidine groups is 1. The third-order valence-electron chi connectivity index (χ3n) is 4.98. The highest BCUT2D eigenvalue weighted by atomic mass is 35.5. The van der Waals surface area contributed by atoms with E-state index in [0.717, 1.165) is 37.9 Å². The molecule has 1 aromatic heterocycles. The Kier molecular flexibility index (Phi) is 7.57. The first-order valence-corrected chi connectivity index (χ1v) is 10.4. The van der Waals surface area contributed by atoms with Crippen molar-refractivity contribution in [1.29, 1.82) is 5.41 Å². The highest BCUT2D eigenvalue weighted by Gasteiger charge is 2.34. The van der Waals surface area contributed by atoms with Crippen molar-refractivity contribution in [3.63, 3.8) is 0 Å². The molecular weight excluding hydrogens is 445 g/mol. The summed E-state index contributed by atoms with van der Waals surface area (Å²) in [6, 6.07) is 3.28. The third-order valence-corrected chi connectivity index (χ3v) is 5.38. The number of aliphatic imine (C=N–C) groups is 1. The first-order valence-electron chi connectivity index (χ1n) is 10.00. The normalized spacial score (nSPS) is 18.0. The lowest BCUT2D eigenvalue weighted by Crippen LogP contribution is -2.35. The first kappa shape index (κ1) is 23.8. The monoisotopic (exact) mass is 466 g/mol. The third kappa shape index (κ3) is 5.89. The summed E-state index contributed by atoms with van der Waals surface area (Å²) in [6.45, 7) is 2.31. The van der Waals surface area contributed by atoms with Gasteiger partial charge in [0.2, 0.25) is 0 Å². The molecule has 1 aromatic carbocycles. The molecule has 11 heteroatoms. The van der Waals surface area contributed by atoms with Crippen molar-refractivity contribution in [2.24, 2.45) is 4.99 Å². The molecule has 3 rings (SSSR count). The molecule has 1 unspecified atom stereocenters. The number of hydrogen-bond donors (Lipinski definition) is 2. The van der Waals surface area contributed by atoms with Gasteiger partial charge in [-0.25, -0.2) is 4.99 Å². The molecule has 1 atom stereocenters.